The topological polar surface area (TPSA) is 101 Å². The first kappa shape index (κ1) is 19.8. The highest BCUT2D eigenvalue weighted by Crippen LogP contribution is 2.34. The molecule has 3 N–H and O–H groups in total. The first-order chi connectivity index (χ1) is 14.4. The lowest BCUT2D eigenvalue weighted by Crippen LogP contribution is -2.46. The minimum Gasteiger partial charge on any atom is -0.383 e. The SMILES string of the molecule is Cc1cc(NC(=O)C(=O)N2C[C@@H](C)CC[C@@H]2c2ccc3cnccc3c2)cnc1N. The third kappa shape index (κ3) is 3.96. The number of nitrogens with zero attached hydrogens (tertiary/aromatic N) is 3. The normalized spacial score (nSPS) is 18.9. The average Bonchev–Trinajstić information content (AvgIpc) is 2.75. The molecule has 7 nitrogen and oxygen atoms in total. The highest BCUT2D eigenvalue weighted by molar-refractivity contribution is 6.39. The molecule has 1 aliphatic heterocycles. The van der Waals surface area contributed by atoms with Crippen LogP contribution in [0.25, 0.3) is 10.8 Å². The van der Waals surface area contributed by atoms with Crippen molar-refractivity contribution in [3.05, 3.63) is 60.0 Å². The zero-order chi connectivity index (χ0) is 21.3. The van der Waals surface area contributed by atoms with Crippen LogP contribution in [0.2, 0.25) is 0 Å². The molecule has 7 heteroatoms. The Morgan fingerprint density at radius 3 is 2.77 bits per heavy atom. The van der Waals surface area contributed by atoms with Gasteiger partial charge in [-0.2, -0.15) is 0 Å². The van der Waals surface area contributed by atoms with E-state index in [1.165, 1.54) is 6.20 Å². The molecule has 0 bridgehead atoms. The number of nitrogen functional groups attached to an aromatic ring is 1. The van der Waals surface area contributed by atoms with Crippen LogP contribution in [0.3, 0.4) is 0 Å². The van der Waals surface area contributed by atoms with Crippen molar-refractivity contribution in [2.45, 2.75) is 32.7 Å². The molecule has 0 aliphatic carbocycles. The molecule has 0 saturated carbocycles. The largest absolute Gasteiger partial charge is 0.383 e. The second-order valence-corrected chi connectivity index (χ2v) is 8.02. The summed E-state index contributed by atoms with van der Waals surface area (Å²) < 4.78 is 0. The Morgan fingerprint density at radius 1 is 1.13 bits per heavy atom. The molecule has 154 valence electrons. The van der Waals surface area contributed by atoms with Gasteiger partial charge in [-0.15, -0.1) is 0 Å². The van der Waals surface area contributed by atoms with Gasteiger partial charge in [-0.3, -0.25) is 14.6 Å². The van der Waals surface area contributed by atoms with Gasteiger partial charge in [0.1, 0.15) is 5.82 Å². The van der Waals surface area contributed by atoms with Gasteiger partial charge in [0.2, 0.25) is 0 Å². The number of carbonyl (C=O) groups is 2. The molecule has 1 aliphatic rings. The summed E-state index contributed by atoms with van der Waals surface area (Å²) in [5.74, 6) is -0.459. The maximum atomic E-state index is 13.1. The number of piperidine rings is 1. The van der Waals surface area contributed by atoms with Crippen molar-refractivity contribution in [1.29, 1.82) is 0 Å². The van der Waals surface area contributed by atoms with Crippen LogP contribution in [0, 0.1) is 12.8 Å². The number of carbonyl (C=O) groups excluding carboxylic acids is 2. The molecule has 0 spiro atoms. The van der Waals surface area contributed by atoms with E-state index in [9.17, 15) is 9.59 Å². The van der Waals surface area contributed by atoms with Crippen LogP contribution in [0.5, 0.6) is 0 Å². The number of aromatic nitrogens is 2. The smallest absolute Gasteiger partial charge is 0.313 e. The first-order valence-electron chi connectivity index (χ1n) is 10.1. The second-order valence-electron chi connectivity index (χ2n) is 8.02. The van der Waals surface area contributed by atoms with E-state index in [1.807, 2.05) is 24.4 Å². The quantitative estimate of drug-likeness (QED) is 0.638. The Morgan fingerprint density at radius 2 is 1.97 bits per heavy atom. The molecule has 3 aromatic rings. The maximum Gasteiger partial charge on any atom is 0.313 e. The number of amides is 2. The molecular weight excluding hydrogens is 378 g/mol. The van der Waals surface area contributed by atoms with Crippen LogP contribution in [-0.2, 0) is 9.59 Å². The van der Waals surface area contributed by atoms with Gasteiger partial charge in [0.05, 0.1) is 17.9 Å². The van der Waals surface area contributed by atoms with Gasteiger partial charge in [-0.05, 0) is 60.4 Å². The van der Waals surface area contributed by atoms with E-state index in [0.29, 0.717) is 24.0 Å². The van der Waals surface area contributed by atoms with E-state index in [-0.39, 0.29) is 6.04 Å². The number of nitrogens with one attached hydrogen (secondary N) is 1. The number of benzene rings is 1. The fourth-order valence-corrected chi connectivity index (χ4v) is 4.00. The van der Waals surface area contributed by atoms with E-state index in [0.717, 1.165) is 34.7 Å². The van der Waals surface area contributed by atoms with Crippen molar-refractivity contribution in [1.82, 2.24) is 14.9 Å². The molecule has 3 heterocycles. The fraction of sp³-hybridized carbons (Fsp3) is 0.304. The molecule has 0 radical (unpaired) electrons. The predicted molar refractivity (Wildman–Crippen MR) is 117 cm³/mol. The van der Waals surface area contributed by atoms with Crippen LogP contribution in [0.1, 0.15) is 36.9 Å². The van der Waals surface area contributed by atoms with Gasteiger partial charge in [-0.1, -0.05) is 19.1 Å². The molecule has 1 aromatic carbocycles. The molecule has 30 heavy (non-hydrogen) atoms. The second kappa shape index (κ2) is 8.10. The number of nitrogens with two attached hydrogens (primary N) is 1. The number of anilines is 2. The minimum atomic E-state index is -0.662. The molecule has 1 saturated heterocycles. The Kier molecular flexibility index (Phi) is 5.35. The summed E-state index contributed by atoms with van der Waals surface area (Å²) in [6.45, 7) is 4.45. The van der Waals surface area contributed by atoms with Crippen molar-refractivity contribution in [3.8, 4) is 0 Å². The summed E-state index contributed by atoms with van der Waals surface area (Å²) in [5, 5.41) is 4.79. The molecule has 2 atom stereocenters. The van der Waals surface area contributed by atoms with Crippen molar-refractivity contribution in [3.63, 3.8) is 0 Å². The zero-order valence-electron chi connectivity index (χ0n) is 17.1. The van der Waals surface area contributed by atoms with E-state index < -0.39 is 11.8 Å². The number of aryl methyl sites for hydroxylation is 1. The maximum absolute atomic E-state index is 13.1. The number of likely N-dealkylation sites (tertiary alicyclic amines) is 1. The van der Waals surface area contributed by atoms with Crippen LogP contribution in [-0.4, -0.2) is 33.2 Å². The van der Waals surface area contributed by atoms with Gasteiger partial charge >= 0.3 is 11.8 Å². The Balaban J connectivity index is 1.58. The van der Waals surface area contributed by atoms with Crippen molar-refractivity contribution < 1.29 is 9.59 Å². The summed E-state index contributed by atoms with van der Waals surface area (Å²) in [6.07, 6.45) is 6.86. The highest BCUT2D eigenvalue weighted by Gasteiger charge is 2.34. The minimum absolute atomic E-state index is 0.136. The van der Waals surface area contributed by atoms with Crippen molar-refractivity contribution >= 4 is 34.1 Å². The van der Waals surface area contributed by atoms with E-state index in [4.69, 9.17) is 5.73 Å². The number of hydrogen-bond acceptors (Lipinski definition) is 5. The lowest BCUT2D eigenvalue weighted by Gasteiger charge is -2.38. The summed E-state index contributed by atoms with van der Waals surface area (Å²) in [5.41, 5.74) is 7.97. The van der Waals surface area contributed by atoms with Gasteiger partial charge in [-0.25, -0.2) is 4.98 Å². The average molecular weight is 403 g/mol. The van der Waals surface area contributed by atoms with Gasteiger partial charge in [0.15, 0.2) is 0 Å². The molecular formula is C23H25N5O2. The number of pyridine rings is 2. The molecule has 2 amide bonds. The third-order valence-corrected chi connectivity index (χ3v) is 5.70. The van der Waals surface area contributed by atoms with Crippen molar-refractivity contribution in [2.24, 2.45) is 5.92 Å². The van der Waals surface area contributed by atoms with Crippen LogP contribution in [0.15, 0.2) is 48.9 Å². The molecule has 1 fully saturated rings. The van der Waals surface area contributed by atoms with E-state index in [2.05, 4.69) is 28.3 Å². The summed E-state index contributed by atoms with van der Waals surface area (Å²) in [4.78, 5) is 35.7. The standard InChI is InChI=1S/C23H25N5O2/c1-14-3-6-20(17-4-5-18-11-25-8-7-16(18)10-17)28(13-14)23(30)22(29)27-19-9-15(2)21(24)26-12-19/h4-5,7-12,14,20H,3,6,13H2,1-2H3,(H2,24,26)(H,27,29)/t14-,20+/m0/s1. The molecule has 0 unspecified atom stereocenters. The predicted octanol–water partition coefficient (Wildman–Crippen LogP) is 3.46. The Hall–Kier alpha value is -3.48. The summed E-state index contributed by atoms with van der Waals surface area (Å²) in [7, 11) is 0. The van der Waals surface area contributed by atoms with E-state index >= 15 is 0 Å². The number of fused-ring (bicyclic) bond motifs is 1. The molecule has 4 rings (SSSR count). The highest BCUT2D eigenvalue weighted by atomic mass is 16.2. The monoisotopic (exact) mass is 403 g/mol. The van der Waals surface area contributed by atoms with Crippen LogP contribution < -0.4 is 11.1 Å². The number of hydrogen-bond donors (Lipinski definition) is 2. The summed E-state index contributed by atoms with van der Waals surface area (Å²) in [6, 6.07) is 9.66. The van der Waals surface area contributed by atoms with Gasteiger partial charge < -0.3 is 16.0 Å². The van der Waals surface area contributed by atoms with Gasteiger partial charge in [0.25, 0.3) is 0 Å². The Bertz CT molecular complexity index is 1110. The molecule has 2 aromatic heterocycles. The van der Waals surface area contributed by atoms with E-state index in [1.54, 1.807) is 24.1 Å². The zero-order valence-corrected chi connectivity index (χ0v) is 17.1. The summed E-state index contributed by atoms with van der Waals surface area (Å²) >= 11 is 0. The Labute approximate surface area is 175 Å². The van der Waals surface area contributed by atoms with Crippen molar-refractivity contribution in [2.75, 3.05) is 17.6 Å². The van der Waals surface area contributed by atoms with Gasteiger partial charge in [0, 0.05) is 24.3 Å². The first-order valence-corrected chi connectivity index (χ1v) is 10.1. The third-order valence-electron chi connectivity index (χ3n) is 5.70. The lowest BCUT2D eigenvalue weighted by molar-refractivity contribution is -0.146. The van der Waals surface area contributed by atoms with Crippen LogP contribution in [0.4, 0.5) is 11.5 Å². The number of rotatable bonds is 2. The fourth-order valence-electron chi connectivity index (χ4n) is 4.00. The lowest BCUT2D eigenvalue weighted by atomic mass is 9.89. The van der Waals surface area contributed by atoms with Crippen LogP contribution >= 0.6 is 0 Å².